The standard InChI is InChI=1S/C71H138O17P2/c1-9-63(7)49-41-33-27-29-36-44-52-69(74)82-58-67(88-71(76)54-46-38-30-28-34-42-50-64(8)10-2)60-86-90(79,80)84-56-65(72)55-83-89(77,78)85-59-66(87-70(75)53-45-37-26-22-18-14-12-16-20-24-32-40-48-62(5)6)57-81-68(73)51-43-35-25-21-17-13-11-15-19-23-31-39-47-61(3)4/h61-67,72H,9-60H2,1-8H3,(H,77,78)(H,79,80)/t63?,64?,65-,66-,67-/m1/s1. The Balaban J connectivity index is 5.26. The highest BCUT2D eigenvalue weighted by Crippen LogP contribution is 2.45. The third-order valence-corrected chi connectivity index (χ3v) is 18.9. The molecule has 0 saturated heterocycles. The Bertz CT molecular complexity index is 1790. The van der Waals surface area contributed by atoms with Crippen LogP contribution in [0.5, 0.6) is 0 Å². The predicted molar refractivity (Wildman–Crippen MR) is 363 cm³/mol. The smallest absolute Gasteiger partial charge is 0.462 e. The number of aliphatic hydroxyl groups is 1. The van der Waals surface area contributed by atoms with E-state index in [1.54, 1.807) is 0 Å². The quantitative estimate of drug-likeness (QED) is 0.0222. The normalized spacial score (nSPS) is 14.9. The number of rotatable bonds is 68. The van der Waals surface area contributed by atoms with Crippen LogP contribution >= 0.6 is 15.6 Å². The summed E-state index contributed by atoms with van der Waals surface area (Å²) in [5.41, 5.74) is 0. The molecule has 0 amide bonds. The molecule has 0 heterocycles. The van der Waals surface area contributed by atoms with Crippen LogP contribution in [0.3, 0.4) is 0 Å². The van der Waals surface area contributed by atoms with Crippen molar-refractivity contribution in [1.82, 2.24) is 0 Å². The molecule has 17 nitrogen and oxygen atoms in total. The largest absolute Gasteiger partial charge is 0.472 e. The molecule has 4 unspecified atom stereocenters. The van der Waals surface area contributed by atoms with Gasteiger partial charge in [-0.1, -0.05) is 299 Å². The highest BCUT2D eigenvalue weighted by atomic mass is 31.2. The first kappa shape index (κ1) is 88.1. The molecule has 0 rings (SSSR count). The summed E-state index contributed by atoms with van der Waals surface area (Å²) >= 11 is 0. The van der Waals surface area contributed by atoms with Crippen molar-refractivity contribution in [1.29, 1.82) is 0 Å². The number of ether oxygens (including phenoxy) is 4. The molecule has 534 valence electrons. The van der Waals surface area contributed by atoms with E-state index in [-0.39, 0.29) is 25.7 Å². The lowest BCUT2D eigenvalue weighted by Crippen LogP contribution is -2.30. The Hall–Kier alpha value is -1.94. The van der Waals surface area contributed by atoms with Gasteiger partial charge >= 0.3 is 39.5 Å². The maximum absolute atomic E-state index is 13.0. The molecule has 3 N–H and O–H groups in total. The fourth-order valence-corrected chi connectivity index (χ4v) is 12.2. The second kappa shape index (κ2) is 60.7. The molecule has 90 heavy (non-hydrogen) atoms. The van der Waals surface area contributed by atoms with Gasteiger partial charge in [-0.25, -0.2) is 9.13 Å². The first-order valence-corrected chi connectivity index (χ1v) is 39.8. The zero-order chi connectivity index (χ0) is 66.8. The molecule has 0 spiro atoms. The van der Waals surface area contributed by atoms with Crippen LogP contribution in [-0.2, 0) is 65.4 Å². The summed E-state index contributed by atoms with van der Waals surface area (Å²) in [6.45, 7) is 14.1. The molecule has 0 aromatic rings. The molecule has 0 aliphatic rings. The summed E-state index contributed by atoms with van der Waals surface area (Å²) in [6, 6.07) is 0. The number of aliphatic hydroxyl groups excluding tert-OH is 1. The lowest BCUT2D eigenvalue weighted by atomic mass is 10.00. The summed E-state index contributed by atoms with van der Waals surface area (Å²) in [7, 11) is -9.90. The number of phosphoric acid groups is 2. The number of phosphoric ester groups is 2. The first-order chi connectivity index (χ1) is 43.2. The van der Waals surface area contributed by atoms with E-state index in [0.717, 1.165) is 120 Å². The van der Waals surface area contributed by atoms with Gasteiger partial charge in [-0.15, -0.1) is 0 Å². The number of unbranched alkanes of at least 4 members (excludes halogenated alkanes) is 32. The van der Waals surface area contributed by atoms with E-state index in [2.05, 4.69) is 55.4 Å². The first-order valence-electron chi connectivity index (χ1n) is 36.8. The van der Waals surface area contributed by atoms with Gasteiger partial charge in [0.25, 0.3) is 0 Å². The van der Waals surface area contributed by atoms with E-state index in [4.69, 9.17) is 37.0 Å². The average Bonchev–Trinajstić information content (AvgIpc) is 3.70. The molecule has 0 bridgehead atoms. The monoisotopic (exact) mass is 1320 g/mol. The molecular weight excluding hydrogens is 1190 g/mol. The second-order valence-corrected chi connectivity index (χ2v) is 30.0. The summed E-state index contributed by atoms with van der Waals surface area (Å²) in [6.07, 6.45) is 43.1. The van der Waals surface area contributed by atoms with Crippen LogP contribution in [0.15, 0.2) is 0 Å². The molecular formula is C71H138O17P2. The minimum Gasteiger partial charge on any atom is -0.462 e. The van der Waals surface area contributed by atoms with Crippen molar-refractivity contribution in [2.24, 2.45) is 23.7 Å². The molecule has 19 heteroatoms. The van der Waals surface area contributed by atoms with E-state index in [9.17, 15) is 43.2 Å². The van der Waals surface area contributed by atoms with Gasteiger partial charge in [0.05, 0.1) is 26.4 Å². The lowest BCUT2D eigenvalue weighted by molar-refractivity contribution is -0.161. The van der Waals surface area contributed by atoms with E-state index >= 15 is 0 Å². The number of carbonyl (C=O) groups excluding carboxylic acids is 4. The topological polar surface area (TPSA) is 237 Å². The van der Waals surface area contributed by atoms with Gasteiger partial charge in [0.2, 0.25) is 0 Å². The highest BCUT2D eigenvalue weighted by molar-refractivity contribution is 7.47. The SMILES string of the molecule is CCC(C)CCCCCCCCC(=O)OC[C@H](COP(=O)(O)OC[C@H](O)COP(=O)(O)OC[C@@H](COC(=O)CCCCCCCCCCCCCCC(C)C)OC(=O)CCCCCCCCCCCCCCC(C)C)OC(=O)CCCCCCCCC(C)CC. The van der Waals surface area contributed by atoms with E-state index in [1.165, 1.54) is 148 Å². The van der Waals surface area contributed by atoms with Crippen molar-refractivity contribution in [2.45, 2.75) is 369 Å². The van der Waals surface area contributed by atoms with Gasteiger partial charge in [-0.05, 0) is 49.4 Å². The van der Waals surface area contributed by atoms with Crippen molar-refractivity contribution in [3.8, 4) is 0 Å². The van der Waals surface area contributed by atoms with Crippen LogP contribution < -0.4 is 0 Å². The van der Waals surface area contributed by atoms with Gasteiger partial charge in [-0.3, -0.25) is 37.3 Å². The van der Waals surface area contributed by atoms with Crippen molar-refractivity contribution >= 4 is 39.5 Å². The number of hydrogen-bond acceptors (Lipinski definition) is 15. The summed E-state index contributed by atoms with van der Waals surface area (Å²) in [5.74, 6) is 0.879. The second-order valence-electron chi connectivity index (χ2n) is 27.1. The fourth-order valence-electron chi connectivity index (χ4n) is 10.6. The van der Waals surface area contributed by atoms with Gasteiger partial charge in [0.15, 0.2) is 12.2 Å². The van der Waals surface area contributed by atoms with Crippen LogP contribution in [0.2, 0.25) is 0 Å². The minimum atomic E-state index is -4.95. The van der Waals surface area contributed by atoms with Crippen LogP contribution in [0.4, 0.5) is 0 Å². The summed E-state index contributed by atoms with van der Waals surface area (Å²) in [5, 5.41) is 10.6. The average molecular weight is 1330 g/mol. The van der Waals surface area contributed by atoms with Crippen LogP contribution in [-0.4, -0.2) is 96.7 Å². The third-order valence-electron chi connectivity index (χ3n) is 17.0. The number of hydrogen-bond donors (Lipinski definition) is 3. The minimum absolute atomic E-state index is 0.102. The Morgan fingerprint density at radius 3 is 0.789 bits per heavy atom. The van der Waals surface area contributed by atoms with Gasteiger partial charge < -0.3 is 33.8 Å². The molecule has 0 aromatic heterocycles. The maximum Gasteiger partial charge on any atom is 0.472 e. The Morgan fingerprint density at radius 1 is 0.311 bits per heavy atom. The third kappa shape index (κ3) is 62.2. The summed E-state index contributed by atoms with van der Waals surface area (Å²) < 4.78 is 68.3. The van der Waals surface area contributed by atoms with Crippen molar-refractivity contribution < 1.29 is 80.2 Å². The van der Waals surface area contributed by atoms with Crippen LogP contribution in [0.1, 0.15) is 351 Å². The predicted octanol–water partition coefficient (Wildman–Crippen LogP) is 20.1. The van der Waals surface area contributed by atoms with Gasteiger partial charge in [0, 0.05) is 25.7 Å². The molecule has 7 atom stereocenters. The molecule has 0 radical (unpaired) electrons. The fraction of sp³-hybridized carbons (Fsp3) is 0.944. The molecule has 0 fully saturated rings. The lowest BCUT2D eigenvalue weighted by Gasteiger charge is -2.21. The highest BCUT2D eigenvalue weighted by Gasteiger charge is 2.30. The van der Waals surface area contributed by atoms with Crippen molar-refractivity contribution in [3.63, 3.8) is 0 Å². The maximum atomic E-state index is 13.0. The Kier molecular flexibility index (Phi) is 59.4. The van der Waals surface area contributed by atoms with Crippen molar-refractivity contribution in [2.75, 3.05) is 39.6 Å². The van der Waals surface area contributed by atoms with E-state index < -0.39 is 97.5 Å². The molecule has 0 aliphatic carbocycles. The Morgan fingerprint density at radius 2 is 0.533 bits per heavy atom. The van der Waals surface area contributed by atoms with Crippen LogP contribution in [0.25, 0.3) is 0 Å². The molecule has 0 aromatic carbocycles. The summed E-state index contributed by atoms with van der Waals surface area (Å²) in [4.78, 5) is 72.6. The van der Waals surface area contributed by atoms with Gasteiger partial charge in [0.1, 0.15) is 19.3 Å². The van der Waals surface area contributed by atoms with Gasteiger partial charge in [-0.2, -0.15) is 0 Å². The van der Waals surface area contributed by atoms with E-state index in [1.807, 2.05) is 0 Å². The van der Waals surface area contributed by atoms with Crippen LogP contribution in [0, 0.1) is 23.7 Å². The Labute approximate surface area is 549 Å². The number of esters is 4. The zero-order valence-corrected chi connectivity index (χ0v) is 60.6. The number of carbonyl (C=O) groups is 4. The molecule has 0 aliphatic heterocycles. The van der Waals surface area contributed by atoms with E-state index in [0.29, 0.717) is 25.7 Å². The zero-order valence-electron chi connectivity index (χ0n) is 58.8. The molecule has 0 saturated carbocycles. The van der Waals surface area contributed by atoms with Crippen molar-refractivity contribution in [3.05, 3.63) is 0 Å².